The number of aryl methyl sites for hydroxylation is 1. The summed E-state index contributed by atoms with van der Waals surface area (Å²) in [4.78, 5) is 19.3. The standard InChI is InChI=1S/C17H19N3O2/c21-17(16-12-6-1-2-9-15(12)22-19-16)20-11-5-8-14(20)13-7-3-4-10-18-13/h3-4,7,10,14H,1-2,5-6,8-9,11H2/t14-/m0/s1. The van der Waals surface area contributed by atoms with Crippen molar-refractivity contribution < 1.29 is 9.32 Å². The fourth-order valence-corrected chi connectivity index (χ4v) is 3.58. The summed E-state index contributed by atoms with van der Waals surface area (Å²) in [5.41, 5.74) is 2.52. The van der Waals surface area contributed by atoms with Crippen LogP contribution in [0.2, 0.25) is 0 Å². The van der Waals surface area contributed by atoms with Gasteiger partial charge in [0.05, 0.1) is 11.7 Å². The van der Waals surface area contributed by atoms with Crippen LogP contribution in [0.3, 0.4) is 0 Å². The van der Waals surface area contributed by atoms with Gasteiger partial charge in [-0.25, -0.2) is 0 Å². The van der Waals surface area contributed by atoms with Crippen LogP contribution in [-0.4, -0.2) is 27.5 Å². The van der Waals surface area contributed by atoms with Crippen molar-refractivity contribution in [3.05, 3.63) is 47.1 Å². The van der Waals surface area contributed by atoms with E-state index >= 15 is 0 Å². The lowest BCUT2D eigenvalue weighted by molar-refractivity contribution is 0.0721. The van der Waals surface area contributed by atoms with Gasteiger partial charge in [0.2, 0.25) is 0 Å². The van der Waals surface area contributed by atoms with Crippen molar-refractivity contribution in [3.63, 3.8) is 0 Å². The Hall–Kier alpha value is -2.17. The number of carbonyl (C=O) groups excluding carboxylic acids is 1. The van der Waals surface area contributed by atoms with Crippen LogP contribution in [-0.2, 0) is 12.8 Å². The highest BCUT2D eigenvalue weighted by Crippen LogP contribution is 2.33. The molecule has 1 atom stereocenters. The first-order valence-electron chi connectivity index (χ1n) is 8.04. The first-order chi connectivity index (χ1) is 10.8. The molecular formula is C17H19N3O2. The molecule has 2 aliphatic rings. The van der Waals surface area contributed by atoms with Gasteiger partial charge in [-0.15, -0.1) is 0 Å². The molecule has 1 amide bonds. The topological polar surface area (TPSA) is 59.2 Å². The second-order valence-corrected chi connectivity index (χ2v) is 6.05. The van der Waals surface area contributed by atoms with Gasteiger partial charge in [0.25, 0.3) is 5.91 Å². The summed E-state index contributed by atoms with van der Waals surface area (Å²) in [6.45, 7) is 0.766. The Balaban J connectivity index is 1.63. The predicted octanol–water partition coefficient (Wildman–Crippen LogP) is 2.93. The van der Waals surface area contributed by atoms with Crippen LogP contribution < -0.4 is 0 Å². The highest BCUT2D eigenvalue weighted by atomic mass is 16.5. The Kier molecular flexibility index (Phi) is 3.41. The molecule has 0 unspecified atom stereocenters. The largest absolute Gasteiger partial charge is 0.360 e. The summed E-state index contributed by atoms with van der Waals surface area (Å²) in [5, 5.41) is 4.08. The molecule has 1 aliphatic carbocycles. The van der Waals surface area contributed by atoms with Crippen molar-refractivity contribution in [1.29, 1.82) is 0 Å². The number of pyridine rings is 1. The number of aromatic nitrogens is 2. The molecule has 0 radical (unpaired) electrons. The van der Waals surface area contributed by atoms with Crippen molar-refractivity contribution in [2.24, 2.45) is 0 Å². The zero-order valence-electron chi connectivity index (χ0n) is 12.5. The van der Waals surface area contributed by atoms with E-state index in [0.29, 0.717) is 5.69 Å². The highest BCUT2D eigenvalue weighted by molar-refractivity contribution is 5.94. The lowest BCUT2D eigenvalue weighted by Gasteiger charge is -2.24. The first-order valence-corrected chi connectivity index (χ1v) is 8.04. The number of likely N-dealkylation sites (tertiary alicyclic amines) is 1. The van der Waals surface area contributed by atoms with Gasteiger partial charge in [-0.1, -0.05) is 11.2 Å². The molecule has 3 heterocycles. The number of fused-ring (bicyclic) bond motifs is 1. The van der Waals surface area contributed by atoms with Gasteiger partial charge in [-0.3, -0.25) is 9.78 Å². The summed E-state index contributed by atoms with van der Waals surface area (Å²) >= 11 is 0. The first kappa shape index (κ1) is 13.5. The lowest BCUT2D eigenvalue weighted by atomic mass is 9.96. The molecule has 1 fully saturated rings. The van der Waals surface area contributed by atoms with Crippen LogP contribution in [0.4, 0.5) is 0 Å². The van der Waals surface area contributed by atoms with Crippen LogP contribution in [0.25, 0.3) is 0 Å². The highest BCUT2D eigenvalue weighted by Gasteiger charge is 2.35. The zero-order valence-corrected chi connectivity index (χ0v) is 12.5. The average Bonchev–Trinajstić information content (AvgIpc) is 3.22. The van der Waals surface area contributed by atoms with E-state index in [0.717, 1.165) is 62.1 Å². The quantitative estimate of drug-likeness (QED) is 0.855. The van der Waals surface area contributed by atoms with Crippen molar-refractivity contribution >= 4 is 5.91 Å². The Morgan fingerprint density at radius 2 is 2.14 bits per heavy atom. The van der Waals surface area contributed by atoms with E-state index < -0.39 is 0 Å². The van der Waals surface area contributed by atoms with Crippen LogP contribution in [0.1, 0.15) is 59.2 Å². The number of carbonyl (C=O) groups is 1. The summed E-state index contributed by atoms with van der Waals surface area (Å²) in [7, 11) is 0. The van der Waals surface area contributed by atoms with E-state index in [4.69, 9.17) is 4.52 Å². The maximum atomic E-state index is 12.9. The molecular weight excluding hydrogens is 278 g/mol. The van der Waals surface area contributed by atoms with Gasteiger partial charge in [-0.05, 0) is 44.2 Å². The van der Waals surface area contributed by atoms with E-state index in [9.17, 15) is 4.79 Å². The third kappa shape index (κ3) is 2.21. The van der Waals surface area contributed by atoms with Crippen LogP contribution >= 0.6 is 0 Å². The maximum Gasteiger partial charge on any atom is 0.276 e. The fraction of sp³-hybridized carbons (Fsp3) is 0.471. The van der Waals surface area contributed by atoms with E-state index in [1.165, 1.54) is 0 Å². The van der Waals surface area contributed by atoms with Crippen LogP contribution in [0, 0.1) is 0 Å². The van der Waals surface area contributed by atoms with Crippen molar-refractivity contribution in [3.8, 4) is 0 Å². The number of hydrogen-bond donors (Lipinski definition) is 0. The van der Waals surface area contributed by atoms with E-state index in [1.807, 2.05) is 23.1 Å². The van der Waals surface area contributed by atoms with Gasteiger partial charge in [0.15, 0.2) is 5.69 Å². The van der Waals surface area contributed by atoms with Crippen molar-refractivity contribution in [2.75, 3.05) is 6.54 Å². The van der Waals surface area contributed by atoms with Crippen molar-refractivity contribution in [1.82, 2.24) is 15.0 Å². The number of rotatable bonds is 2. The summed E-state index contributed by atoms with van der Waals surface area (Å²) in [6.07, 6.45) is 7.79. The van der Waals surface area contributed by atoms with Gasteiger partial charge in [0.1, 0.15) is 5.76 Å². The zero-order chi connectivity index (χ0) is 14.9. The van der Waals surface area contributed by atoms with E-state index in [-0.39, 0.29) is 11.9 Å². The Bertz CT molecular complexity index is 680. The third-order valence-electron chi connectivity index (χ3n) is 4.70. The number of hydrogen-bond acceptors (Lipinski definition) is 4. The number of nitrogens with zero attached hydrogens (tertiary/aromatic N) is 3. The van der Waals surface area contributed by atoms with E-state index in [1.54, 1.807) is 6.20 Å². The molecule has 22 heavy (non-hydrogen) atoms. The molecule has 5 nitrogen and oxygen atoms in total. The molecule has 1 aliphatic heterocycles. The predicted molar refractivity (Wildman–Crippen MR) is 80.4 cm³/mol. The summed E-state index contributed by atoms with van der Waals surface area (Å²) < 4.78 is 5.40. The molecule has 0 N–H and O–H groups in total. The summed E-state index contributed by atoms with van der Waals surface area (Å²) in [5.74, 6) is 0.906. The number of amides is 1. The molecule has 114 valence electrons. The molecule has 0 spiro atoms. The van der Waals surface area contributed by atoms with Crippen molar-refractivity contribution in [2.45, 2.75) is 44.6 Å². The van der Waals surface area contributed by atoms with Gasteiger partial charge in [0, 0.05) is 24.7 Å². The normalized spacial score (nSPS) is 20.9. The summed E-state index contributed by atoms with van der Waals surface area (Å²) in [6, 6.07) is 5.93. The lowest BCUT2D eigenvalue weighted by Crippen LogP contribution is -2.32. The molecule has 0 saturated carbocycles. The molecule has 2 aromatic rings. The molecule has 0 aromatic carbocycles. The second kappa shape index (κ2) is 5.55. The molecule has 5 heteroatoms. The Morgan fingerprint density at radius 1 is 1.23 bits per heavy atom. The fourth-order valence-electron chi connectivity index (χ4n) is 3.58. The molecule has 1 saturated heterocycles. The molecule has 2 aromatic heterocycles. The van der Waals surface area contributed by atoms with Gasteiger partial charge in [-0.2, -0.15) is 0 Å². The average molecular weight is 297 g/mol. The third-order valence-corrected chi connectivity index (χ3v) is 4.70. The monoisotopic (exact) mass is 297 g/mol. The second-order valence-electron chi connectivity index (χ2n) is 6.05. The maximum absolute atomic E-state index is 12.9. The minimum absolute atomic E-state index is 0.0000491. The Morgan fingerprint density at radius 3 is 3.00 bits per heavy atom. The SMILES string of the molecule is O=C(c1noc2c1CCCC2)N1CCC[C@H]1c1ccccn1. The van der Waals surface area contributed by atoms with Gasteiger partial charge >= 0.3 is 0 Å². The molecule has 4 rings (SSSR count). The van der Waals surface area contributed by atoms with Crippen LogP contribution in [0.5, 0.6) is 0 Å². The van der Waals surface area contributed by atoms with Gasteiger partial charge < -0.3 is 9.42 Å². The minimum atomic E-state index is 0.0000491. The minimum Gasteiger partial charge on any atom is -0.360 e. The Labute approximate surface area is 129 Å². The van der Waals surface area contributed by atoms with E-state index in [2.05, 4.69) is 10.1 Å². The molecule has 0 bridgehead atoms. The smallest absolute Gasteiger partial charge is 0.276 e. The van der Waals surface area contributed by atoms with Crippen LogP contribution in [0.15, 0.2) is 28.9 Å².